The number of para-hydroxylation sites is 1. The fourth-order valence-corrected chi connectivity index (χ4v) is 3.56. The Morgan fingerprint density at radius 1 is 1.15 bits per heavy atom. The van der Waals surface area contributed by atoms with Crippen molar-refractivity contribution in [2.45, 2.75) is 33.7 Å². The maximum atomic E-state index is 12.9. The first-order valence-electron chi connectivity index (χ1n) is 9.48. The summed E-state index contributed by atoms with van der Waals surface area (Å²) in [6.07, 6.45) is 0.535. The number of aryl methyl sites for hydroxylation is 2. The third kappa shape index (κ3) is 4.37. The number of hydrogen-bond acceptors (Lipinski definition) is 3. The van der Waals surface area contributed by atoms with Gasteiger partial charge in [-0.05, 0) is 61.7 Å². The first-order valence-corrected chi connectivity index (χ1v) is 9.48. The van der Waals surface area contributed by atoms with E-state index in [1.54, 1.807) is 4.90 Å². The highest BCUT2D eigenvalue weighted by molar-refractivity contribution is 6.13. The molecule has 142 valence electrons. The van der Waals surface area contributed by atoms with E-state index in [4.69, 9.17) is 0 Å². The number of hydrogen-bond donors (Lipinski definition) is 2. The summed E-state index contributed by atoms with van der Waals surface area (Å²) in [6.45, 7) is 8.18. The molecule has 1 aliphatic rings. The Bertz CT molecular complexity index is 827. The molecule has 2 aromatic rings. The fourth-order valence-electron chi connectivity index (χ4n) is 3.56. The minimum absolute atomic E-state index is 0.123. The van der Waals surface area contributed by atoms with Crippen LogP contribution in [0.1, 0.15) is 30.0 Å². The summed E-state index contributed by atoms with van der Waals surface area (Å²) in [7, 11) is 0. The van der Waals surface area contributed by atoms with Crippen LogP contribution in [0.15, 0.2) is 42.5 Å². The molecule has 0 bridgehead atoms. The lowest BCUT2D eigenvalue weighted by Crippen LogP contribution is -2.33. The van der Waals surface area contributed by atoms with Gasteiger partial charge < -0.3 is 15.5 Å². The van der Waals surface area contributed by atoms with E-state index in [0.29, 0.717) is 19.5 Å². The van der Waals surface area contributed by atoms with E-state index in [-0.39, 0.29) is 11.8 Å². The van der Waals surface area contributed by atoms with Crippen LogP contribution in [0.25, 0.3) is 0 Å². The normalized spacial score (nSPS) is 16.6. The summed E-state index contributed by atoms with van der Waals surface area (Å²) >= 11 is 0. The molecule has 0 aliphatic carbocycles. The van der Waals surface area contributed by atoms with Crippen molar-refractivity contribution >= 4 is 23.2 Å². The number of nitrogens with zero attached hydrogens (tertiary/aromatic N) is 1. The predicted molar refractivity (Wildman–Crippen MR) is 109 cm³/mol. The maximum absolute atomic E-state index is 12.9. The molecule has 1 heterocycles. The van der Waals surface area contributed by atoms with E-state index in [2.05, 4.69) is 16.7 Å². The van der Waals surface area contributed by atoms with Gasteiger partial charge in [-0.3, -0.25) is 9.59 Å². The SMILES string of the molecule is CCNCc1ccccc1NC(=O)C1CCN(c2cc(C)cc(C)c2)C1=O. The van der Waals surface area contributed by atoms with Gasteiger partial charge in [-0.1, -0.05) is 31.2 Å². The third-order valence-corrected chi connectivity index (χ3v) is 4.88. The van der Waals surface area contributed by atoms with Crippen LogP contribution in [0.3, 0.4) is 0 Å². The molecular weight excluding hydrogens is 338 g/mol. The molecule has 0 saturated carbocycles. The summed E-state index contributed by atoms with van der Waals surface area (Å²) < 4.78 is 0. The van der Waals surface area contributed by atoms with Crippen molar-refractivity contribution in [2.75, 3.05) is 23.3 Å². The van der Waals surface area contributed by atoms with Crippen molar-refractivity contribution in [2.24, 2.45) is 5.92 Å². The molecule has 1 saturated heterocycles. The van der Waals surface area contributed by atoms with Gasteiger partial charge in [0.25, 0.3) is 0 Å². The van der Waals surface area contributed by atoms with Crippen LogP contribution < -0.4 is 15.5 Å². The molecule has 2 amide bonds. The molecule has 0 radical (unpaired) electrons. The van der Waals surface area contributed by atoms with Gasteiger partial charge in [0.05, 0.1) is 0 Å². The van der Waals surface area contributed by atoms with Gasteiger partial charge >= 0.3 is 0 Å². The van der Waals surface area contributed by atoms with Gasteiger partial charge in [-0.2, -0.15) is 0 Å². The summed E-state index contributed by atoms with van der Waals surface area (Å²) in [5.74, 6) is -0.990. The van der Waals surface area contributed by atoms with Crippen molar-refractivity contribution in [1.29, 1.82) is 0 Å². The second-order valence-electron chi connectivity index (χ2n) is 7.10. The molecule has 5 heteroatoms. The lowest BCUT2D eigenvalue weighted by Gasteiger charge is -2.18. The van der Waals surface area contributed by atoms with E-state index in [1.165, 1.54) is 0 Å². The van der Waals surface area contributed by atoms with E-state index in [9.17, 15) is 9.59 Å². The molecule has 0 aromatic heterocycles. The number of carbonyl (C=O) groups is 2. The lowest BCUT2D eigenvalue weighted by atomic mass is 10.1. The van der Waals surface area contributed by atoms with Crippen molar-refractivity contribution in [3.8, 4) is 0 Å². The highest BCUT2D eigenvalue weighted by Crippen LogP contribution is 2.28. The molecule has 2 aromatic carbocycles. The molecular formula is C22H27N3O2. The van der Waals surface area contributed by atoms with Gasteiger partial charge in [0.1, 0.15) is 5.92 Å². The van der Waals surface area contributed by atoms with E-state index >= 15 is 0 Å². The zero-order valence-electron chi connectivity index (χ0n) is 16.2. The molecule has 1 aliphatic heterocycles. The second-order valence-corrected chi connectivity index (χ2v) is 7.10. The largest absolute Gasteiger partial charge is 0.325 e. The quantitative estimate of drug-likeness (QED) is 0.771. The third-order valence-electron chi connectivity index (χ3n) is 4.88. The van der Waals surface area contributed by atoms with Crippen LogP contribution in [-0.2, 0) is 16.1 Å². The van der Waals surface area contributed by atoms with Crippen LogP contribution in [0.2, 0.25) is 0 Å². The summed E-state index contributed by atoms with van der Waals surface area (Å²) in [4.78, 5) is 27.4. The number of anilines is 2. The van der Waals surface area contributed by atoms with Crippen molar-refractivity contribution in [3.05, 3.63) is 59.2 Å². The smallest absolute Gasteiger partial charge is 0.239 e. The van der Waals surface area contributed by atoms with E-state index < -0.39 is 5.92 Å². The monoisotopic (exact) mass is 365 g/mol. The Balaban J connectivity index is 1.73. The Morgan fingerprint density at radius 3 is 2.56 bits per heavy atom. The fraction of sp³-hybridized carbons (Fsp3) is 0.364. The second kappa shape index (κ2) is 8.35. The maximum Gasteiger partial charge on any atom is 0.239 e. The van der Waals surface area contributed by atoms with Crippen molar-refractivity contribution in [1.82, 2.24) is 5.32 Å². The summed E-state index contributed by atoms with van der Waals surface area (Å²) in [5.41, 5.74) is 4.89. The Kier molecular flexibility index (Phi) is 5.91. The topological polar surface area (TPSA) is 61.4 Å². The Hall–Kier alpha value is -2.66. The zero-order chi connectivity index (χ0) is 19.4. The van der Waals surface area contributed by atoms with Gasteiger partial charge in [-0.25, -0.2) is 0 Å². The molecule has 5 nitrogen and oxygen atoms in total. The van der Waals surface area contributed by atoms with Crippen LogP contribution >= 0.6 is 0 Å². The van der Waals surface area contributed by atoms with E-state index in [1.807, 2.05) is 57.2 Å². The van der Waals surface area contributed by atoms with Crippen LogP contribution in [0.4, 0.5) is 11.4 Å². The number of nitrogens with one attached hydrogen (secondary N) is 2. The van der Waals surface area contributed by atoms with Gasteiger partial charge in [-0.15, -0.1) is 0 Å². The van der Waals surface area contributed by atoms with Crippen molar-refractivity contribution < 1.29 is 9.59 Å². The number of carbonyl (C=O) groups excluding carboxylic acids is 2. The highest BCUT2D eigenvalue weighted by atomic mass is 16.2. The molecule has 1 fully saturated rings. The number of benzene rings is 2. The molecule has 1 atom stereocenters. The summed E-state index contributed by atoms with van der Waals surface area (Å²) in [6, 6.07) is 13.8. The van der Waals surface area contributed by atoms with Gasteiger partial charge in [0.15, 0.2) is 0 Å². The van der Waals surface area contributed by atoms with Crippen LogP contribution in [0, 0.1) is 19.8 Å². The zero-order valence-corrected chi connectivity index (χ0v) is 16.2. The Labute approximate surface area is 160 Å². The van der Waals surface area contributed by atoms with Gasteiger partial charge in [0, 0.05) is 24.5 Å². The molecule has 27 heavy (non-hydrogen) atoms. The molecule has 2 N–H and O–H groups in total. The van der Waals surface area contributed by atoms with Crippen LogP contribution in [0.5, 0.6) is 0 Å². The van der Waals surface area contributed by atoms with Crippen molar-refractivity contribution in [3.63, 3.8) is 0 Å². The molecule has 3 rings (SSSR count). The van der Waals surface area contributed by atoms with Gasteiger partial charge in [0.2, 0.25) is 11.8 Å². The minimum atomic E-state index is -0.641. The first-order chi connectivity index (χ1) is 13.0. The van der Waals surface area contributed by atoms with E-state index in [0.717, 1.165) is 34.6 Å². The number of rotatable bonds is 6. The highest BCUT2D eigenvalue weighted by Gasteiger charge is 2.37. The number of amides is 2. The lowest BCUT2D eigenvalue weighted by molar-refractivity contribution is -0.129. The Morgan fingerprint density at radius 2 is 1.85 bits per heavy atom. The first kappa shape index (κ1) is 19.1. The molecule has 1 unspecified atom stereocenters. The average molecular weight is 365 g/mol. The predicted octanol–water partition coefficient (Wildman–Crippen LogP) is 3.40. The standard InChI is InChI=1S/C22H27N3O2/c1-4-23-14-17-7-5-6-8-20(17)24-21(26)19-9-10-25(22(19)27)18-12-15(2)11-16(3)13-18/h5-8,11-13,19,23H,4,9-10,14H2,1-3H3,(H,24,26). The van der Waals surface area contributed by atoms with Crippen LogP contribution in [-0.4, -0.2) is 24.9 Å². The summed E-state index contributed by atoms with van der Waals surface area (Å²) in [5, 5.41) is 6.23. The average Bonchev–Trinajstić information content (AvgIpc) is 3.02. The minimum Gasteiger partial charge on any atom is -0.325 e. The molecule has 0 spiro atoms.